The maximum Gasteiger partial charge on any atom is 0.312 e. The number of nitrogens with two attached hydrogens (primary N) is 1. The van der Waals surface area contributed by atoms with Gasteiger partial charge in [0.1, 0.15) is 5.82 Å². The van der Waals surface area contributed by atoms with Crippen LogP contribution in [0, 0.1) is 6.92 Å². The van der Waals surface area contributed by atoms with Crippen LogP contribution in [0.2, 0.25) is 0 Å². The van der Waals surface area contributed by atoms with Gasteiger partial charge in [-0.1, -0.05) is 24.3 Å². The molecule has 0 aliphatic carbocycles. The highest BCUT2D eigenvalue weighted by atomic mass is 16.2. The van der Waals surface area contributed by atoms with Crippen LogP contribution < -0.4 is 16.4 Å². The summed E-state index contributed by atoms with van der Waals surface area (Å²) in [7, 11) is 0. The van der Waals surface area contributed by atoms with E-state index < -0.39 is 6.03 Å². The largest absolute Gasteiger partial charge is 0.352 e. The molecule has 0 fully saturated rings. The van der Waals surface area contributed by atoms with Gasteiger partial charge in [0.05, 0.1) is 0 Å². The maximum atomic E-state index is 12.4. The van der Waals surface area contributed by atoms with E-state index in [0.29, 0.717) is 23.6 Å². The molecule has 0 saturated heterocycles. The smallest absolute Gasteiger partial charge is 0.312 e. The molecule has 0 radical (unpaired) electrons. The Labute approximate surface area is 149 Å². The zero-order chi connectivity index (χ0) is 18.5. The molecule has 1 heterocycles. The van der Waals surface area contributed by atoms with E-state index >= 15 is 0 Å². The van der Waals surface area contributed by atoms with Crippen molar-refractivity contribution in [3.05, 3.63) is 65.5 Å². The van der Waals surface area contributed by atoms with Crippen LogP contribution in [0.4, 0.5) is 10.5 Å². The number of hydrogen-bond acceptors (Lipinski definition) is 4. The topological polar surface area (TPSA) is 126 Å². The molecule has 0 spiro atoms. The fourth-order valence-electron chi connectivity index (χ4n) is 2.37. The molecule has 8 nitrogen and oxygen atoms in total. The maximum absolute atomic E-state index is 12.4. The third-order valence-electron chi connectivity index (χ3n) is 3.66. The lowest BCUT2D eigenvalue weighted by molar-refractivity contribution is 0.102. The molecule has 0 aliphatic rings. The van der Waals surface area contributed by atoms with Gasteiger partial charge in [-0.25, -0.2) is 9.78 Å². The average Bonchev–Trinajstić information content (AvgIpc) is 3.07. The number of carbonyl (C=O) groups is 2. The summed E-state index contributed by atoms with van der Waals surface area (Å²) in [6, 6.07) is 13.6. The molecule has 2 aromatic carbocycles. The molecular weight excluding hydrogens is 332 g/mol. The molecule has 3 aromatic rings. The molecule has 0 unspecified atom stereocenters. The molecule has 132 valence electrons. The number of aromatic nitrogens is 3. The fourth-order valence-corrected chi connectivity index (χ4v) is 2.37. The molecule has 26 heavy (non-hydrogen) atoms. The second kappa shape index (κ2) is 7.47. The minimum Gasteiger partial charge on any atom is -0.352 e. The zero-order valence-electron chi connectivity index (χ0n) is 14.1. The molecule has 0 atom stereocenters. The second-order valence-corrected chi connectivity index (χ2v) is 5.69. The van der Waals surface area contributed by atoms with Gasteiger partial charge in [-0.3, -0.25) is 9.89 Å². The van der Waals surface area contributed by atoms with Crippen molar-refractivity contribution in [2.45, 2.75) is 13.5 Å². The quantitative estimate of drug-likeness (QED) is 0.563. The summed E-state index contributed by atoms with van der Waals surface area (Å²) in [5.74, 6) is 1.06. The van der Waals surface area contributed by atoms with Gasteiger partial charge in [-0.15, -0.1) is 0 Å². The Hall–Kier alpha value is -3.68. The lowest BCUT2D eigenvalue weighted by Gasteiger charge is -2.07. The average molecular weight is 350 g/mol. The molecule has 8 heteroatoms. The van der Waals surface area contributed by atoms with Gasteiger partial charge in [0.25, 0.3) is 5.91 Å². The van der Waals surface area contributed by atoms with Gasteiger partial charge < -0.3 is 16.4 Å². The van der Waals surface area contributed by atoms with E-state index in [-0.39, 0.29) is 5.91 Å². The van der Waals surface area contributed by atoms with Crippen LogP contribution in [-0.4, -0.2) is 27.1 Å². The van der Waals surface area contributed by atoms with Crippen LogP contribution in [-0.2, 0) is 6.54 Å². The number of nitrogens with one attached hydrogen (secondary N) is 3. The zero-order valence-corrected chi connectivity index (χ0v) is 14.1. The molecule has 0 bridgehead atoms. The fraction of sp³-hybridized carbons (Fsp3) is 0.111. The minimum absolute atomic E-state index is 0.234. The minimum atomic E-state index is -0.590. The van der Waals surface area contributed by atoms with Crippen molar-refractivity contribution >= 4 is 17.6 Å². The van der Waals surface area contributed by atoms with E-state index in [0.717, 1.165) is 17.0 Å². The second-order valence-electron chi connectivity index (χ2n) is 5.69. The molecule has 3 amide bonds. The van der Waals surface area contributed by atoms with Crippen molar-refractivity contribution in [1.29, 1.82) is 0 Å². The summed E-state index contributed by atoms with van der Waals surface area (Å²) in [5.41, 5.74) is 7.84. The van der Waals surface area contributed by atoms with E-state index in [2.05, 4.69) is 25.8 Å². The summed E-state index contributed by atoms with van der Waals surface area (Å²) in [4.78, 5) is 27.4. The molecule has 5 N–H and O–H groups in total. The van der Waals surface area contributed by atoms with E-state index in [9.17, 15) is 9.59 Å². The van der Waals surface area contributed by atoms with Crippen LogP contribution in [0.5, 0.6) is 0 Å². The standard InChI is InChI=1S/C18H18N6O2/c1-11-21-16(24-23-11)14-3-2-4-15(9-14)22-17(25)13-7-5-12(6-8-13)10-20-18(19)26/h2-9H,10H2,1H3,(H,22,25)(H3,19,20,26)(H,21,23,24). The summed E-state index contributed by atoms with van der Waals surface area (Å²) < 4.78 is 0. The predicted octanol–water partition coefficient (Wildman–Crippen LogP) is 2.20. The predicted molar refractivity (Wildman–Crippen MR) is 97.4 cm³/mol. The van der Waals surface area contributed by atoms with E-state index in [1.54, 1.807) is 30.3 Å². The van der Waals surface area contributed by atoms with Crippen LogP contribution in [0.25, 0.3) is 11.4 Å². The highest BCUT2D eigenvalue weighted by molar-refractivity contribution is 6.04. The van der Waals surface area contributed by atoms with Gasteiger partial charge >= 0.3 is 6.03 Å². The van der Waals surface area contributed by atoms with Crippen molar-refractivity contribution in [2.75, 3.05) is 5.32 Å². The number of aryl methyl sites for hydroxylation is 1. The third-order valence-corrected chi connectivity index (χ3v) is 3.66. The van der Waals surface area contributed by atoms with Crippen molar-refractivity contribution in [3.63, 3.8) is 0 Å². The number of hydrogen-bond donors (Lipinski definition) is 4. The summed E-state index contributed by atoms with van der Waals surface area (Å²) in [5, 5.41) is 12.3. The number of aromatic amines is 1. The van der Waals surface area contributed by atoms with Gasteiger partial charge in [0.15, 0.2) is 5.82 Å². The Morgan fingerprint density at radius 2 is 1.92 bits per heavy atom. The number of urea groups is 1. The molecular formula is C18H18N6O2. The Morgan fingerprint density at radius 3 is 2.58 bits per heavy atom. The Balaban J connectivity index is 1.69. The lowest BCUT2D eigenvalue weighted by atomic mass is 10.1. The number of benzene rings is 2. The van der Waals surface area contributed by atoms with E-state index in [1.165, 1.54) is 0 Å². The monoisotopic (exact) mass is 350 g/mol. The molecule has 0 aliphatic heterocycles. The first-order valence-corrected chi connectivity index (χ1v) is 7.94. The van der Waals surface area contributed by atoms with E-state index in [1.807, 2.05) is 25.1 Å². The number of carbonyl (C=O) groups excluding carboxylic acids is 2. The van der Waals surface area contributed by atoms with Crippen LogP contribution in [0.3, 0.4) is 0 Å². The lowest BCUT2D eigenvalue weighted by Crippen LogP contribution is -2.28. The van der Waals surface area contributed by atoms with Gasteiger partial charge in [-0.05, 0) is 36.8 Å². The van der Waals surface area contributed by atoms with Crippen LogP contribution >= 0.6 is 0 Å². The van der Waals surface area contributed by atoms with Crippen molar-refractivity contribution in [1.82, 2.24) is 20.5 Å². The highest BCUT2D eigenvalue weighted by Gasteiger charge is 2.09. The van der Waals surface area contributed by atoms with Crippen LogP contribution in [0.15, 0.2) is 48.5 Å². The third kappa shape index (κ3) is 4.23. The number of anilines is 1. The van der Waals surface area contributed by atoms with Crippen LogP contribution in [0.1, 0.15) is 21.7 Å². The number of primary amides is 1. The first-order chi connectivity index (χ1) is 12.5. The molecule has 3 rings (SSSR count). The first kappa shape index (κ1) is 17.2. The Kier molecular flexibility index (Phi) is 4.93. The summed E-state index contributed by atoms with van der Waals surface area (Å²) in [6.07, 6.45) is 0. The number of rotatable bonds is 5. The summed E-state index contributed by atoms with van der Waals surface area (Å²) in [6.45, 7) is 2.14. The van der Waals surface area contributed by atoms with Gasteiger partial charge in [0.2, 0.25) is 0 Å². The first-order valence-electron chi connectivity index (χ1n) is 7.94. The van der Waals surface area contributed by atoms with E-state index in [4.69, 9.17) is 5.73 Å². The highest BCUT2D eigenvalue weighted by Crippen LogP contribution is 2.20. The number of amides is 3. The molecule has 1 aromatic heterocycles. The number of nitrogens with zero attached hydrogens (tertiary/aromatic N) is 2. The SMILES string of the molecule is Cc1nc(-c2cccc(NC(=O)c3ccc(CNC(N)=O)cc3)c2)n[nH]1. The van der Waals surface area contributed by atoms with Gasteiger partial charge in [-0.2, -0.15) is 5.10 Å². The van der Waals surface area contributed by atoms with Gasteiger partial charge in [0, 0.05) is 23.4 Å². The van der Waals surface area contributed by atoms with Crippen molar-refractivity contribution in [3.8, 4) is 11.4 Å². The molecule has 0 saturated carbocycles. The van der Waals surface area contributed by atoms with Crippen molar-refractivity contribution < 1.29 is 9.59 Å². The normalized spacial score (nSPS) is 10.3. The van der Waals surface area contributed by atoms with Crippen molar-refractivity contribution in [2.24, 2.45) is 5.73 Å². The Bertz CT molecular complexity index is 933. The number of H-pyrrole nitrogens is 1. The summed E-state index contributed by atoms with van der Waals surface area (Å²) >= 11 is 0. The Morgan fingerprint density at radius 1 is 1.15 bits per heavy atom.